The van der Waals surface area contributed by atoms with Gasteiger partial charge in [-0.3, -0.25) is 25.6 Å². The van der Waals surface area contributed by atoms with Crippen LogP contribution in [0.25, 0.3) is 0 Å². The summed E-state index contributed by atoms with van der Waals surface area (Å²) < 4.78 is 0. The number of amidine groups is 1. The number of nitrogens with one attached hydrogen (secondary N) is 3. The molecular weight excluding hydrogens is 483 g/mol. The van der Waals surface area contributed by atoms with Gasteiger partial charge in [0.15, 0.2) is 0 Å². The van der Waals surface area contributed by atoms with Crippen molar-refractivity contribution in [3.8, 4) is 0 Å². The highest BCUT2D eigenvalue weighted by Gasteiger charge is 2.24. The van der Waals surface area contributed by atoms with E-state index in [2.05, 4.69) is 20.8 Å². The number of carbonyl (C=O) groups is 1. The Morgan fingerprint density at radius 2 is 2.30 bits per heavy atom. The molecule has 2 rings (SSSR count). The number of anilines is 1. The van der Waals surface area contributed by atoms with Crippen LogP contribution in [0.1, 0.15) is 25.3 Å². The van der Waals surface area contributed by atoms with Crippen molar-refractivity contribution in [2.45, 2.75) is 19.8 Å². The molecule has 0 fully saturated rings. The van der Waals surface area contributed by atoms with Crippen LogP contribution < -0.4 is 45.4 Å². The van der Waals surface area contributed by atoms with Crippen molar-refractivity contribution in [1.29, 1.82) is 0 Å². The number of halogens is 1. The van der Waals surface area contributed by atoms with Gasteiger partial charge in [0.1, 0.15) is 5.69 Å². The van der Waals surface area contributed by atoms with Gasteiger partial charge in [0.05, 0.1) is 17.2 Å². The molecule has 148 valence electrons. The lowest BCUT2D eigenvalue weighted by atomic mass is 9.93. The lowest BCUT2D eigenvalue weighted by molar-refractivity contribution is -0.454. The van der Waals surface area contributed by atoms with E-state index in [1.54, 1.807) is 12.1 Å². The van der Waals surface area contributed by atoms with Crippen LogP contribution in [0.2, 0.25) is 0 Å². The molecule has 9 nitrogen and oxygen atoms in total. The van der Waals surface area contributed by atoms with Crippen molar-refractivity contribution in [2.75, 3.05) is 24.7 Å². The third-order valence-corrected chi connectivity index (χ3v) is 4.52. The van der Waals surface area contributed by atoms with E-state index in [0.717, 1.165) is 6.42 Å². The maximum atomic E-state index is 11.4. The molecule has 1 unspecified atom stereocenters. The van der Waals surface area contributed by atoms with Crippen LogP contribution in [-0.2, 0) is 4.79 Å². The third kappa shape index (κ3) is 6.65. The van der Waals surface area contributed by atoms with Crippen molar-refractivity contribution >= 4 is 39.9 Å². The van der Waals surface area contributed by atoms with Gasteiger partial charge >= 0.3 is 5.17 Å². The summed E-state index contributed by atoms with van der Waals surface area (Å²) in [5.74, 6) is -0.242. The Balaban J connectivity index is 0.00000364. The van der Waals surface area contributed by atoms with Gasteiger partial charge in [0.2, 0.25) is 5.91 Å². The Morgan fingerprint density at radius 1 is 1.56 bits per heavy atom. The quantitative estimate of drug-likeness (QED) is 0.0779. The normalized spacial score (nSPS) is 16.8. The molecule has 1 aliphatic heterocycles. The number of thioether (sulfide) groups is 1. The molecule has 27 heavy (non-hydrogen) atoms. The van der Waals surface area contributed by atoms with Gasteiger partial charge in [-0.15, -0.1) is 0 Å². The molecule has 0 saturated heterocycles. The van der Waals surface area contributed by atoms with E-state index in [1.165, 1.54) is 17.8 Å². The van der Waals surface area contributed by atoms with Gasteiger partial charge in [0, 0.05) is 36.9 Å². The molecule has 1 amide bonds. The van der Waals surface area contributed by atoms with Crippen LogP contribution in [0.3, 0.4) is 0 Å². The lowest BCUT2D eigenvalue weighted by Crippen LogP contribution is -3.00. The SMILES string of the molecule is CSC(N)=[NH+]CCCNc1ccc(C2=NNC(=O)CC2C)cc1[N+](=O)[O-].[I-]. The largest absolute Gasteiger partial charge is 1.00 e. The van der Waals surface area contributed by atoms with Crippen LogP contribution in [0.4, 0.5) is 11.4 Å². The third-order valence-electron chi connectivity index (χ3n) is 3.94. The van der Waals surface area contributed by atoms with Crippen LogP contribution >= 0.6 is 11.8 Å². The van der Waals surface area contributed by atoms with Gasteiger partial charge in [-0.2, -0.15) is 5.10 Å². The van der Waals surface area contributed by atoms with Crippen LogP contribution in [0.15, 0.2) is 23.3 Å². The van der Waals surface area contributed by atoms with Gasteiger partial charge in [-0.05, 0) is 24.1 Å². The van der Waals surface area contributed by atoms with E-state index in [4.69, 9.17) is 5.73 Å². The fraction of sp³-hybridized carbons (Fsp3) is 0.438. The summed E-state index contributed by atoms with van der Waals surface area (Å²) >= 11 is 1.44. The number of rotatable bonds is 7. The van der Waals surface area contributed by atoms with Gasteiger partial charge in [-0.1, -0.05) is 13.0 Å². The first-order chi connectivity index (χ1) is 12.4. The van der Waals surface area contributed by atoms with Crippen molar-refractivity contribution in [3.63, 3.8) is 0 Å². The Hall–Kier alpha value is -1.89. The summed E-state index contributed by atoms with van der Waals surface area (Å²) in [5.41, 5.74) is 9.81. The monoisotopic (exact) mass is 506 g/mol. The highest BCUT2D eigenvalue weighted by Crippen LogP contribution is 2.28. The summed E-state index contributed by atoms with van der Waals surface area (Å²) in [6.45, 7) is 3.13. The molecule has 0 saturated carbocycles. The summed E-state index contributed by atoms with van der Waals surface area (Å²) in [5, 5.41) is 19.2. The highest BCUT2D eigenvalue weighted by molar-refractivity contribution is 8.12. The molecule has 5 N–H and O–H groups in total. The average Bonchev–Trinajstić information content (AvgIpc) is 2.61. The Bertz CT molecular complexity index is 756. The number of benzene rings is 1. The zero-order valence-corrected chi connectivity index (χ0v) is 18.1. The summed E-state index contributed by atoms with van der Waals surface area (Å²) in [7, 11) is 0. The highest BCUT2D eigenvalue weighted by atomic mass is 127. The van der Waals surface area contributed by atoms with Crippen molar-refractivity contribution in [1.82, 2.24) is 5.43 Å². The molecular formula is C16H23IN6O3S. The second kappa shape index (κ2) is 11.1. The van der Waals surface area contributed by atoms with Crippen molar-refractivity contribution in [3.05, 3.63) is 33.9 Å². The van der Waals surface area contributed by atoms with Crippen LogP contribution in [-0.4, -0.2) is 41.1 Å². The predicted molar refractivity (Wildman–Crippen MR) is 103 cm³/mol. The molecule has 1 heterocycles. The maximum Gasteiger partial charge on any atom is 0.301 e. The fourth-order valence-corrected chi connectivity index (χ4v) is 2.84. The molecule has 0 aromatic heterocycles. The van der Waals surface area contributed by atoms with E-state index >= 15 is 0 Å². The van der Waals surface area contributed by atoms with Crippen molar-refractivity contribution < 1.29 is 38.7 Å². The standard InChI is InChI=1S/C16H22N6O3S.HI/c1-10-8-14(23)20-21-15(10)11-4-5-12(13(9-11)22(24)25)18-6-3-7-19-16(17)26-2;/h4-5,9-10,18H,3,6-8H2,1-2H3,(H2,17,19)(H,20,23);1H. The fourth-order valence-electron chi connectivity index (χ4n) is 2.59. The van der Waals surface area contributed by atoms with Crippen molar-refractivity contribution in [2.24, 2.45) is 16.8 Å². The number of nitrogens with two attached hydrogens (primary N) is 1. The van der Waals surface area contributed by atoms with Crippen LogP contribution in [0.5, 0.6) is 0 Å². The van der Waals surface area contributed by atoms with E-state index in [-0.39, 0.29) is 41.5 Å². The first-order valence-electron chi connectivity index (χ1n) is 8.21. The minimum atomic E-state index is -0.420. The molecule has 0 bridgehead atoms. The first kappa shape index (κ1) is 23.1. The number of nitrogens with zero attached hydrogens (tertiary/aromatic N) is 2. The summed E-state index contributed by atoms with van der Waals surface area (Å²) in [4.78, 5) is 25.4. The minimum Gasteiger partial charge on any atom is -1.00 e. The van der Waals surface area contributed by atoms with E-state index < -0.39 is 4.92 Å². The molecule has 0 radical (unpaired) electrons. The topological polar surface area (TPSA) is 137 Å². The molecule has 1 aromatic carbocycles. The minimum absolute atomic E-state index is 0. The zero-order valence-electron chi connectivity index (χ0n) is 15.1. The number of carbonyl (C=O) groups excluding carboxylic acids is 1. The lowest BCUT2D eigenvalue weighted by Gasteiger charge is -2.19. The summed E-state index contributed by atoms with van der Waals surface area (Å²) in [6.07, 6.45) is 2.96. The molecule has 0 spiro atoms. The summed E-state index contributed by atoms with van der Waals surface area (Å²) in [6, 6.07) is 4.95. The predicted octanol–water partition coefficient (Wildman–Crippen LogP) is -2.98. The number of hydrogen-bond acceptors (Lipinski definition) is 6. The maximum absolute atomic E-state index is 11.4. The number of nitro groups is 1. The number of hydrogen-bond donors (Lipinski definition) is 4. The second-order valence-corrected chi connectivity index (χ2v) is 6.75. The van der Waals surface area contributed by atoms with Gasteiger partial charge < -0.3 is 29.3 Å². The molecule has 0 aliphatic carbocycles. The number of nitro benzene ring substituents is 1. The second-order valence-electron chi connectivity index (χ2n) is 5.90. The zero-order chi connectivity index (χ0) is 19.1. The van der Waals surface area contributed by atoms with Gasteiger partial charge in [-0.25, -0.2) is 5.43 Å². The molecule has 1 aromatic rings. The van der Waals surface area contributed by atoms with E-state index in [1.807, 2.05) is 13.2 Å². The van der Waals surface area contributed by atoms with Gasteiger partial charge in [0.25, 0.3) is 5.69 Å². The Labute approximate surface area is 178 Å². The first-order valence-corrected chi connectivity index (χ1v) is 9.44. The number of amides is 1. The Morgan fingerprint density at radius 3 is 2.93 bits per heavy atom. The van der Waals surface area contributed by atoms with Crippen LogP contribution in [0, 0.1) is 16.0 Å². The number of hydrazone groups is 1. The smallest absolute Gasteiger partial charge is 0.301 e. The van der Waals surface area contributed by atoms with E-state index in [9.17, 15) is 14.9 Å². The molecule has 1 aliphatic rings. The Kier molecular flexibility index (Phi) is 9.49. The van der Waals surface area contributed by atoms with E-state index in [0.29, 0.717) is 41.6 Å². The molecule has 11 heteroatoms. The molecule has 1 atom stereocenters. The average molecular weight is 506 g/mol.